The minimum Gasteiger partial charge on any atom is -0.347 e. The number of carbonyl (C=O) groups is 1. The summed E-state index contributed by atoms with van der Waals surface area (Å²) in [6, 6.07) is 8.78. The average molecular weight is 360 g/mol. The van der Waals surface area contributed by atoms with Crippen molar-refractivity contribution >= 4 is 39.1 Å². The summed E-state index contributed by atoms with van der Waals surface area (Å²) in [5, 5.41) is 7.97. The number of halogens is 2. The van der Waals surface area contributed by atoms with Crippen molar-refractivity contribution in [1.29, 1.82) is 0 Å². The molecule has 0 bridgehead atoms. The van der Waals surface area contributed by atoms with Crippen LogP contribution in [0.4, 0.5) is 0 Å². The predicted octanol–water partition coefficient (Wildman–Crippen LogP) is 1.97. The first-order valence-electron chi connectivity index (χ1n) is 5.99. The first kappa shape index (κ1) is 16.7. The number of hydrogen-bond donors (Lipinski definition) is 2. The van der Waals surface area contributed by atoms with E-state index in [0.717, 1.165) is 0 Å². The molecule has 2 rings (SSSR count). The van der Waals surface area contributed by atoms with Gasteiger partial charge < -0.3 is 5.32 Å². The van der Waals surface area contributed by atoms with Gasteiger partial charge in [-0.05, 0) is 29.8 Å². The number of sulfonamides is 1. The van der Waals surface area contributed by atoms with E-state index >= 15 is 0 Å². The maximum absolute atomic E-state index is 12.0. The Balaban J connectivity index is 2.07. The molecule has 0 spiro atoms. The van der Waals surface area contributed by atoms with Gasteiger partial charge in [-0.2, -0.15) is 0 Å². The Morgan fingerprint density at radius 1 is 1.14 bits per heavy atom. The zero-order chi connectivity index (χ0) is 16.3. The number of aromatic nitrogens is 1. The van der Waals surface area contributed by atoms with Crippen molar-refractivity contribution in [1.82, 2.24) is 10.3 Å². The number of nitrogens with two attached hydrogens (primary N) is 1. The summed E-state index contributed by atoms with van der Waals surface area (Å²) in [6.45, 7) is 0.175. The third-order valence-corrected chi connectivity index (χ3v) is 4.18. The van der Waals surface area contributed by atoms with Crippen LogP contribution in [0.1, 0.15) is 16.1 Å². The molecule has 0 saturated heterocycles. The molecule has 1 aromatic heterocycles. The lowest BCUT2D eigenvalue weighted by Crippen LogP contribution is -2.24. The zero-order valence-corrected chi connectivity index (χ0v) is 13.4. The summed E-state index contributed by atoms with van der Waals surface area (Å²) >= 11 is 11.6. The Morgan fingerprint density at radius 3 is 2.36 bits per heavy atom. The highest BCUT2D eigenvalue weighted by Crippen LogP contribution is 2.17. The van der Waals surface area contributed by atoms with E-state index in [1.807, 2.05) is 0 Å². The highest BCUT2D eigenvalue weighted by molar-refractivity contribution is 7.89. The first-order chi connectivity index (χ1) is 10.3. The Labute approximate surface area is 137 Å². The van der Waals surface area contributed by atoms with E-state index in [4.69, 9.17) is 28.3 Å². The van der Waals surface area contributed by atoms with E-state index in [1.165, 1.54) is 24.3 Å². The number of nitrogens with zero attached hydrogens (tertiary/aromatic N) is 1. The van der Waals surface area contributed by atoms with Crippen molar-refractivity contribution in [3.63, 3.8) is 0 Å². The second-order valence-corrected chi connectivity index (χ2v) is 6.69. The van der Waals surface area contributed by atoms with Crippen LogP contribution >= 0.6 is 23.2 Å². The smallest absolute Gasteiger partial charge is 0.271 e. The normalized spacial score (nSPS) is 11.2. The molecule has 22 heavy (non-hydrogen) atoms. The van der Waals surface area contributed by atoms with Crippen LogP contribution in [0.2, 0.25) is 10.2 Å². The summed E-state index contributed by atoms with van der Waals surface area (Å²) in [7, 11) is -3.73. The molecule has 0 aliphatic rings. The largest absolute Gasteiger partial charge is 0.347 e. The van der Waals surface area contributed by atoms with Crippen LogP contribution in [0.15, 0.2) is 41.3 Å². The lowest BCUT2D eigenvalue weighted by molar-refractivity contribution is 0.0946. The van der Waals surface area contributed by atoms with E-state index in [2.05, 4.69) is 10.3 Å². The maximum atomic E-state index is 12.0. The van der Waals surface area contributed by atoms with E-state index < -0.39 is 15.9 Å². The molecule has 0 atom stereocenters. The summed E-state index contributed by atoms with van der Waals surface area (Å²) in [5.41, 5.74) is 0.717. The number of hydrogen-bond acceptors (Lipinski definition) is 4. The molecule has 1 heterocycles. The van der Waals surface area contributed by atoms with Crippen LogP contribution in [0, 0.1) is 0 Å². The first-order valence-corrected chi connectivity index (χ1v) is 8.29. The van der Waals surface area contributed by atoms with Gasteiger partial charge >= 0.3 is 0 Å². The Hall–Kier alpha value is -1.67. The Kier molecular flexibility index (Phi) is 5.02. The molecule has 0 radical (unpaired) electrons. The Bertz CT molecular complexity index is 808. The van der Waals surface area contributed by atoms with Crippen molar-refractivity contribution in [3.05, 3.63) is 57.8 Å². The van der Waals surface area contributed by atoms with E-state index in [-0.39, 0.29) is 27.3 Å². The number of carbonyl (C=O) groups excluding carboxylic acids is 1. The lowest BCUT2D eigenvalue weighted by Gasteiger charge is -2.07. The van der Waals surface area contributed by atoms with Gasteiger partial charge in [0, 0.05) is 6.54 Å². The van der Waals surface area contributed by atoms with Crippen LogP contribution < -0.4 is 10.5 Å². The van der Waals surface area contributed by atoms with Gasteiger partial charge in [0.2, 0.25) is 10.0 Å². The SMILES string of the molecule is NS(=O)(=O)c1ccc(CNC(=O)c2nc(Cl)ccc2Cl)cc1. The summed E-state index contributed by atoms with van der Waals surface area (Å²) < 4.78 is 22.3. The van der Waals surface area contributed by atoms with Gasteiger partial charge in [0.1, 0.15) is 10.8 Å². The van der Waals surface area contributed by atoms with E-state index in [9.17, 15) is 13.2 Å². The summed E-state index contributed by atoms with van der Waals surface area (Å²) in [6.07, 6.45) is 0. The molecule has 0 aliphatic carbocycles. The lowest BCUT2D eigenvalue weighted by atomic mass is 10.2. The van der Waals surface area contributed by atoms with Gasteiger partial charge in [-0.1, -0.05) is 35.3 Å². The minimum absolute atomic E-state index is 0.00197. The van der Waals surface area contributed by atoms with Gasteiger partial charge in [0.25, 0.3) is 5.91 Å². The number of amides is 1. The molecule has 2 aromatic rings. The highest BCUT2D eigenvalue weighted by Gasteiger charge is 2.13. The minimum atomic E-state index is -3.73. The number of rotatable bonds is 4. The average Bonchev–Trinajstić information content (AvgIpc) is 2.47. The van der Waals surface area contributed by atoms with Crippen LogP contribution in [-0.4, -0.2) is 19.3 Å². The van der Waals surface area contributed by atoms with Crippen LogP contribution in [-0.2, 0) is 16.6 Å². The van der Waals surface area contributed by atoms with Crippen molar-refractivity contribution in [2.75, 3.05) is 0 Å². The number of nitrogens with one attached hydrogen (secondary N) is 1. The topological polar surface area (TPSA) is 102 Å². The summed E-state index contributed by atoms with van der Waals surface area (Å²) in [4.78, 5) is 15.8. The van der Waals surface area contributed by atoms with Gasteiger partial charge in [-0.15, -0.1) is 0 Å². The molecule has 0 saturated carbocycles. The maximum Gasteiger partial charge on any atom is 0.271 e. The Morgan fingerprint density at radius 2 is 1.77 bits per heavy atom. The van der Waals surface area contributed by atoms with Crippen molar-refractivity contribution < 1.29 is 13.2 Å². The van der Waals surface area contributed by atoms with Crippen LogP contribution in [0.3, 0.4) is 0 Å². The standard InChI is InChI=1S/C13H11Cl2N3O3S/c14-10-5-6-11(15)18-12(10)13(19)17-7-8-1-3-9(4-2-8)22(16,20)21/h1-6H,7H2,(H,17,19)(H2,16,20,21). The van der Waals surface area contributed by atoms with Gasteiger partial charge in [0.15, 0.2) is 0 Å². The molecular formula is C13H11Cl2N3O3S. The molecule has 1 aromatic carbocycles. The molecule has 0 aliphatic heterocycles. The molecule has 6 nitrogen and oxygen atoms in total. The molecule has 0 unspecified atom stereocenters. The molecular weight excluding hydrogens is 349 g/mol. The molecule has 1 amide bonds. The third kappa shape index (κ3) is 4.17. The number of pyridine rings is 1. The number of primary sulfonamides is 1. The fourth-order valence-electron chi connectivity index (χ4n) is 1.64. The predicted molar refractivity (Wildman–Crippen MR) is 83.2 cm³/mol. The monoisotopic (exact) mass is 359 g/mol. The molecule has 0 fully saturated rings. The van der Waals surface area contributed by atoms with Gasteiger partial charge in [0.05, 0.1) is 9.92 Å². The molecule has 9 heteroatoms. The number of benzene rings is 1. The zero-order valence-electron chi connectivity index (χ0n) is 11.1. The molecule has 116 valence electrons. The van der Waals surface area contributed by atoms with E-state index in [1.54, 1.807) is 12.1 Å². The van der Waals surface area contributed by atoms with Crippen LogP contribution in [0.5, 0.6) is 0 Å². The second-order valence-electron chi connectivity index (χ2n) is 4.34. The van der Waals surface area contributed by atoms with Crippen molar-refractivity contribution in [2.24, 2.45) is 5.14 Å². The third-order valence-electron chi connectivity index (χ3n) is 2.73. The van der Waals surface area contributed by atoms with Crippen molar-refractivity contribution in [2.45, 2.75) is 11.4 Å². The fraction of sp³-hybridized carbons (Fsp3) is 0.0769. The van der Waals surface area contributed by atoms with Gasteiger partial charge in [-0.3, -0.25) is 4.79 Å². The van der Waals surface area contributed by atoms with Crippen molar-refractivity contribution in [3.8, 4) is 0 Å². The quantitative estimate of drug-likeness (QED) is 0.814. The van der Waals surface area contributed by atoms with E-state index in [0.29, 0.717) is 5.56 Å². The van der Waals surface area contributed by atoms with Gasteiger partial charge in [-0.25, -0.2) is 18.5 Å². The second kappa shape index (κ2) is 6.62. The fourth-order valence-corrected chi connectivity index (χ4v) is 2.49. The summed E-state index contributed by atoms with van der Waals surface area (Å²) in [5.74, 6) is -0.483. The highest BCUT2D eigenvalue weighted by atomic mass is 35.5. The molecule has 3 N–H and O–H groups in total. The van der Waals surface area contributed by atoms with Crippen LogP contribution in [0.25, 0.3) is 0 Å².